The lowest BCUT2D eigenvalue weighted by Crippen LogP contribution is -2.44. The van der Waals surface area contributed by atoms with Crippen molar-refractivity contribution in [3.8, 4) is 0 Å². The molecule has 1 aromatic heterocycles. The highest BCUT2D eigenvalue weighted by Gasteiger charge is 2.24. The van der Waals surface area contributed by atoms with Crippen LogP contribution >= 0.6 is 0 Å². The van der Waals surface area contributed by atoms with E-state index in [2.05, 4.69) is 16.9 Å². The summed E-state index contributed by atoms with van der Waals surface area (Å²) >= 11 is 0. The molecule has 0 aromatic carbocycles. The largest absolute Gasteiger partial charge is 0.339 e. The molecule has 1 fully saturated rings. The summed E-state index contributed by atoms with van der Waals surface area (Å²) in [6.07, 6.45) is 5.43. The molecule has 0 spiro atoms. The average Bonchev–Trinajstić information content (AvgIpc) is 2.39. The van der Waals surface area contributed by atoms with Crippen LogP contribution in [0.4, 0.5) is 0 Å². The molecule has 0 radical (unpaired) electrons. The van der Waals surface area contributed by atoms with E-state index in [1.165, 1.54) is 0 Å². The summed E-state index contributed by atoms with van der Waals surface area (Å²) in [5.74, 6) is 0.0765. The molecule has 92 valence electrons. The molecule has 4 heteroatoms. The third kappa shape index (κ3) is 2.82. The molecule has 0 saturated carbocycles. The van der Waals surface area contributed by atoms with Crippen LogP contribution in [0.15, 0.2) is 24.5 Å². The molecule has 1 aromatic rings. The van der Waals surface area contributed by atoms with Gasteiger partial charge < -0.3 is 9.80 Å². The van der Waals surface area contributed by atoms with Crippen molar-refractivity contribution in [2.45, 2.75) is 18.9 Å². The number of nitrogens with zero attached hydrogens (tertiary/aromatic N) is 3. The minimum Gasteiger partial charge on any atom is -0.339 e. The zero-order valence-corrected chi connectivity index (χ0v) is 10.5. The zero-order chi connectivity index (χ0) is 12.3. The Morgan fingerprint density at radius 2 is 2.18 bits per heavy atom. The van der Waals surface area contributed by atoms with Crippen molar-refractivity contribution in [2.24, 2.45) is 0 Å². The summed E-state index contributed by atoms with van der Waals surface area (Å²) < 4.78 is 0. The van der Waals surface area contributed by atoms with E-state index in [9.17, 15) is 4.79 Å². The summed E-state index contributed by atoms with van der Waals surface area (Å²) in [7, 11) is 4.02. The molecule has 0 atom stereocenters. The predicted molar refractivity (Wildman–Crippen MR) is 66.8 cm³/mol. The predicted octanol–water partition coefficient (Wildman–Crippen LogP) is 1.25. The maximum Gasteiger partial charge on any atom is 0.255 e. The first-order valence-corrected chi connectivity index (χ1v) is 6.04. The Morgan fingerprint density at radius 3 is 2.76 bits per heavy atom. The summed E-state index contributed by atoms with van der Waals surface area (Å²) in [6.45, 7) is 2.13. The van der Waals surface area contributed by atoms with Crippen LogP contribution in [0.2, 0.25) is 0 Å². The van der Waals surface area contributed by atoms with E-state index < -0.39 is 0 Å². The summed E-state index contributed by atoms with van der Waals surface area (Å²) in [6, 6.07) is 3.98. The van der Waals surface area contributed by atoms with Gasteiger partial charge in [-0.1, -0.05) is 0 Å². The van der Waals surface area contributed by atoms with E-state index >= 15 is 0 Å². The quantitative estimate of drug-likeness (QED) is 0.771. The van der Waals surface area contributed by atoms with E-state index in [4.69, 9.17) is 0 Å². The molecule has 0 N–H and O–H groups in total. The van der Waals surface area contributed by atoms with Crippen LogP contribution in [0, 0.1) is 0 Å². The number of carbonyl (C=O) groups is 1. The van der Waals surface area contributed by atoms with Crippen LogP contribution in [-0.2, 0) is 0 Å². The van der Waals surface area contributed by atoms with Gasteiger partial charge in [-0.3, -0.25) is 9.78 Å². The smallest absolute Gasteiger partial charge is 0.255 e. The van der Waals surface area contributed by atoms with E-state index in [1.54, 1.807) is 18.5 Å². The normalized spacial score (nSPS) is 18.0. The lowest BCUT2D eigenvalue weighted by molar-refractivity contribution is 0.0659. The Morgan fingerprint density at radius 1 is 1.47 bits per heavy atom. The van der Waals surface area contributed by atoms with Crippen molar-refractivity contribution in [1.82, 2.24) is 14.8 Å². The number of piperidine rings is 1. The Labute approximate surface area is 102 Å². The van der Waals surface area contributed by atoms with Gasteiger partial charge in [0.05, 0.1) is 5.56 Å². The topological polar surface area (TPSA) is 36.4 Å². The molecule has 17 heavy (non-hydrogen) atoms. The third-order valence-electron chi connectivity index (χ3n) is 3.46. The summed E-state index contributed by atoms with van der Waals surface area (Å²) in [4.78, 5) is 20.4. The van der Waals surface area contributed by atoms with Crippen molar-refractivity contribution < 1.29 is 4.79 Å². The highest BCUT2D eigenvalue weighted by Crippen LogP contribution is 2.16. The van der Waals surface area contributed by atoms with Crippen molar-refractivity contribution in [2.75, 3.05) is 27.2 Å². The Hall–Kier alpha value is -1.42. The molecule has 0 aliphatic carbocycles. The third-order valence-corrected chi connectivity index (χ3v) is 3.46. The van der Waals surface area contributed by atoms with Gasteiger partial charge in [-0.15, -0.1) is 0 Å². The van der Waals surface area contributed by atoms with Crippen molar-refractivity contribution in [3.63, 3.8) is 0 Å². The first-order valence-electron chi connectivity index (χ1n) is 6.04. The van der Waals surface area contributed by atoms with E-state index in [-0.39, 0.29) is 5.91 Å². The fourth-order valence-corrected chi connectivity index (χ4v) is 2.24. The van der Waals surface area contributed by atoms with Crippen LogP contribution in [0.5, 0.6) is 0 Å². The average molecular weight is 233 g/mol. The van der Waals surface area contributed by atoms with Crippen molar-refractivity contribution in [1.29, 1.82) is 0 Å². The number of carbonyl (C=O) groups excluding carboxylic acids is 1. The number of hydrogen-bond acceptors (Lipinski definition) is 3. The van der Waals surface area contributed by atoms with Gasteiger partial charge in [0.2, 0.25) is 0 Å². The monoisotopic (exact) mass is 233 g/mol. The number of hydrogen-bond donors (Lipinski definition) is 0. The Bertz CT molecular complexity index is 372. The molecule has 1 amide bonds. The van der Waals surface area contributed by atoms with Gasteiger partial charge in [-0.05, 0) is 45.1 Å². The van der Waals surface area contributed by atoms with Gasteiger partial charge in [0, 0.05) is 25.5 Å². The fourth-order valence-electron chi connectivity index (χ4n) is 2.24. The highest BCUT2D eigenvalue weighted by molar-refractivity contribution is 5.93. The Balaban J connectivity index is 2.00. The number of aromatic nitrogens is 1. The number of pyridine rings is 1. The molecule has 4 nitrogen and oxygen atoms in total. The van der Waals surface area contributed by atoms with Gasteiger partial charge >= 0.3 is 0 Å². The van der Waals surface area contributed by atoms with E-state index in [0.717, 1.165) is 25.9 Å². The second-order valence-electron chi connectivity index (χ2n) is 4.69. The van der Waals surface area contributed by atoms with Gasteiger partial charge in [0.15, 0.2) is 0 Å². The van der Waals surface area contributed by atoms with Gasteiger partial charge in [-0.25, -0.2) is 0 Å². The molecule has 1 saturated heterocycles. The number of rotatable bonds is 2. The number of likely N-dealkylation sites (tertiary alicyclic amines) is 1. The fraction of sp³-hybridized carbons (Fsp3) is 0.538. The molecular weight excluding hydrogens is 214 g/mol. The van der Waals surface area contributed by atoms with Crippen molar-refractivity contribution >= 4 is 5.91 Å². The maximum absolute atomic E-state index is 12.2. The van der Waals surface area contributed by atoms with Crippen LogP contribution in [0.25, 0.3) is 0 Å². The van der Waals surface area contributed by atoms with Gasteiger partial charge in [0.25, 0.3) is 5.91 Å². The Kier molecular flexibility index (Phi) is 3.74. The second-order valence-corrected chi connectivity index (χ2v) is 4.69. The maximum atomic E-state index is 12.2. The molecule has 2 heterocycles. The minimum atomic E-state index is 0.0765. The number of amides is 1. The minimum absolute atomic E-state index is 0.0765. The lowest BCUT2D eigenvalue weighted by Gasteiger charge is -2.35. The first-order chi connectivity index (χ1) is 8.18. The second kappa shape index (κ2) is 5.27. The van der Waals surface area contributed by atoms with Gasteiger partial charge in [0.1, 0.15) is 0 Å². The van der Waals surface area contributed by atoms with Crippen LogP contribution in [-0.4, -0.2) is 53.9 Å². The SMILES string of the molecule is CN1CCC(N(C)C(=O)c2cccnc2)CC1. The summed E-state index contributed by atoms with van der Waals surface area (Å²) in [5.41, 5.74) is 0.675. The van der Waals surface area contributed by atoms with Crippen molar-refractivity contribution in [3.05, 3.63) is 30.1 Å². The lowest BCUT2D eigenvalue weighted by atomic mass is 10.0. The first kappa shape index (κ1) is 12.0. The molecule has 1 aliphatic rings. The van der Waals surface area contributed by atoms with Crippen LogP contribution < -0.4 is 0 Å². The summed E-state index contributed by atoms with van der Waals surface area (Å²) in [5, 5.41) is 0. The molecule has 2 rings (SSSR count). The van der Waals surface area contributed by atoms with Crippen LogP contribution in [0.1, 0.15) is 23.2 Å². The van der Waals surface area contributed by atoms with Crippen LogP contribution in [0.3, 0.4) is 0 Å². The van der Waals surface area contributed by atoms with Gasteiger partial charge in [-0.2, -0.15) is 0 Å². The zero-order valence-electron chi connectivity index (χ0n) is 10.5. The highest BCUT2D eigenvalue weighted by atomic mass is 16.2. The molecule has 0 bridgehead atoms. The molecular formula is C13H19N3O. The molecule has 0 unspecified atom stereocenters. The van der Waals surface area contributed by atoms with E-state index in [0.29, 0.717) is 11.6 Å². The molecule has 1 aliphatic heterocycles. The standard InChI is InChI=1S/C13H19N3O/c1-15-8-5-12(6-9-15)16(2)13(17)11-4-3-7-14-10-11/h3-4,7,10,12H,5-6,8-9H2,1-2H3. The van der Waals surface area contributed by atoms with E-state index in [1.807, 2.05) is 18.0 Å².